The van der Waals surface area contributed by atoms with Crippen molar-refractivity contribution >= 4 is 11.8 Å². The van der Waals surface area contributed by atoms with Crippen LogP contribution in [0.25, 0.3) is 0 Å². The van der Waals surface area contributed by atoms with Gasteiger partial charge in [-0.3, -0.25) is 14.5 Å². The van der Waals surface area contributed by atoms with Gasteiger partial charge in [0.1, 0.15) is 5.69 Å². The molecular formula is C19H30N4O3. The predicted molar refractivity (Wildman–Crippen MR) is 98.1 cm³/mol. The zero-order valence-electron chi connectivity index (χ0n) is 16.7. The van der Waals surface area contributed by atoms with Crippen molar-refractivity contribution in [2.24, 2.45) is 5.41 Å². The molecule has 0 saturated heterocycles. The molecule has 1 aliphatic heterocycles. The van der Waals surface area contributed by atoms with Crippen LogP contribution in [0.3, 0.4) is 0 Å². The van der Waals surface area contributed by atoms with Crippen molar-refractivity contribution in [3.05, 3.63) is 24.0 Å². The Morgan fingerprint density at radius 1 is 1.12 bits per heavy atom. The molecule has 144 valence electrons. The van der Waals surface area contributed by atoms with E-state index in [2.05, 4.69) is 44.9 Å². The Morgan fingerprint density at radius 2 is 1.73 bits per heavy atom. The van der Waals surface area contributed by atoms with E-state index in [1.165, 1.54) is 17.1 Å². The van der Waals surface area contributed by atoms with Crippen LogP contribution in [-0.2, 0) is 26.5 Å². The SMILES string of the molecule is C[C@H](CCOCc1cn(C(C)(C)CC(C)(C)C)nn1)N1C(=O)C=CC1=O. The van der Waals surface area contributed by atoms with Gasteiger partial charge in [0.15, 0.2) is 0 Å². The molecule has 0 radical (unpaired) electrons. The maximum atomic E-state index is 11.6. The molecule has 0 aliphatic carbocycles. The Labute approximate surface area is 155 Å². The molecule has 1 aliphatic rings. The van der Waals surface area contributed by atoms with Crippen molar-refractivity contribution in [1.82, 2.24) is 19.9 Å². The number of imide groups is 1. The fourth-order valence-corrected chi connectivity index (χ4v) is 3.45. The molecule has 26 heavy (non-hydrogen) atoms. The summed E-state index contributed by atoms with van der Waals surface area (Å²) in [6, 6.07) is -0.189. The molecule has 0 saturated carbocycles. The highest BCUT2D eigenvalue weighted by molar-refractivity contribution is 6.13. The average Bonchev–Trinajstić information content (AvgIpc) is 3.09. The highest BCUT2D eigenvalue weighted by Gasteiger charge is 2.29. The minimum Gasteiger partial charge on any atom is -0.375 e. The van der Waals surface area contributed by atoms with Gasteiger partial charge < -0.3 is 4.74 Å². The van der Waals surface area contributed by atoms with E-state index in [0.29, 0.717) is 19.6 Å². The van der Waals surface area contributed by atoms with Gasteiger partial charge in [0, 0.05) is 24.8 Å². The van der Waals surface area contributed by atoms with E-state index < -0.39 is 0 Å². The number of aromatic nitrogens is 3. The quantitative estimate of drug-likeness (QED) is 0.525. The first kappa shape index (κ1) is 20.3. The molecular weight excluding hydrogens is 332 g/mol. The number of carbonyl (C=O) groups is 2. The fraction of sp³-hybridized carbons (Fsp3) is 0.684. The third-order valence-corrected chi connectivity index (χ3v) is 4.34. The van der Waals surface area contributed by atoms with Crippen molar-refractivity contribution < 1.29 is 14.3 Å². The summed E-state index contributed by atoms with van der Waals surface area (Å²) in [6.07, 6.45) is 6.09. The minimum absolute atomic E-state index is 0.124. The van der Waals surface area contributed by atoms with Crippen LogP contribution in [-0.4, -0.2) is 44.4 Å². The molecule has 0 fully saturated rings. The summed E-state index contributed by atoms with van der Waals surface area (Å²) in [4.78, 5) is 24.5. The van der Waals surface area contributed by atoms with Crippen LogP contribution in [0.15, 0.2) is 18.3 Å². The van der Waals surface area contributed by atoms with E-state index in [-0.39, 0.29) is 28.8 Å². The molecule has 1 aromatic rings. The highest BCUT2D eigenvalue weighted by Crippen LogP contribution is 2.31. The predicted octanol–water partition coefficient (Wildman–Crippen LogP) is 2.67. The van der Waals surface area contributed by atoms with Gasteiger partial charge in [-0.2, -0.15) is 0 Å². The van der Waals surface area contributed by atoms with Crippen molar-refractivity contribution in [2.75, 3.05) is 6.61 Å². The summed E-state index contributed by atoms with van der Waals surface area (Å²) in [5.41, 5.74) is 0.845. The van der Waals surface area contributed by atoms with Crippen LogP contribution in [0.4, 0.5) is 0 Å². The maximum absolute atomic E-state index is 11.6. The smallest absolute Gasteiger partial charge is 0.253 e. The molecule has 0 aromatic carbocycles. The summed E-state index contributed by atoms with van der Waals surface area (Å²) >= 11 is 0. The number of nitrogens with zero attached hydrogens (tertiary/aromatic N) is 4. The molecule has 0 N–H and O–H groups in total. The number of rotatable bonds is 8. The summed E-state index contributed by atoms with van der Waals surface area (Å²) in [7, 11) is 0. The Morgan fingerprint density at radius 3 is 2.31 bits per heavy atom. The normalized spacial score (nSPS) is 16.6. The van der Waals surface area contributed by atoms with E-state index in [0.717, 1.165) is 12.1 Å². The first-order valence-electron chi connectivity index (χ1n) is 9.04. The van der Waals surface area contributed by atoms with Crippen LogP contribution in [0.5, 0.6) is 0 Å². The van der Waals surface area contributed by atoms with Gasteiger partial charge in [-0.15, -0.1) is 5.10 Å². The molecule has 7 nitrogen and oxygen atoms in total. The van der Waals surface area contributed by atoms with E-state index in [1.807, 2.05) is 17.8 Å². The maximum Gasteiger partial charge on any atom is 0.253 e. The molecule has 0 bridgehead atoms. The standard InChI is InChI=1S/C19H30N4O3/c1-14(23-16(24)7-8-17(23)25)9-10-26-12-15-11-22(21-20-15)19(5,6)13-18(2,3)4/h7-8,11,14H,9-10,12-13H2,1-6H3/t14-/m1/s1. The van der Waals surface area contributed by atoms with Crippen LogP contribution in [0, 0.1) is 5.41 Å². The van der Waals surface area contributed by atoms with Gasteiger partial charge in [-0.25, -0.2) is 4.68 Å². The van der Waals surface area contributed by atoms with Crippen molar-refractivity contribution in [3.63, 3.8) is 0 Å². The molecule has 1 atom stereocenters. The van der Waals surface area contributed by atoms with Crippen molar-refractivity contribution in [3.8, 4) is 0 Å². The van der Waals surface area contributed by atoms with E-state index in [1.54, 1.807) is 0 Å². The van der Waals surface area contributed by atoms with Crippen molar-refractivity contribution in [2.45, 2.75) is 72.6 Å². The average molecular weight is 362 g/mol. The highest BCUT2D eigenvalue weighted by atomic mass is 16.5. The number of carbonyl (C=O) groups excluding carboxylic acids is 2. The van der Waals surface area contributed by atoms with Crippen LogP contribution in [0.1, 0.15) is 60.1 Å². The lowest BCUT2D eigenvalue weighted by Gasteiger charge is -2.32. The topological polar surface area (TPSA) is 77.3 Å². The second kappa shape index (κ2) is 7.70. The molecule has 7 heteroatoms. The number of hydrogen-bond acceptors (Lipinski definition) is 5. The number of ether oxygens (including phenoxy) is 1. The lowest BCUT2D eigenvalue weighted by molar-refractivity contribution is -0.139. The third-order valence-electron chi connectivity index (χ3n) is 4.34. The Hall–Kier alpha value is -2.02. The van der Waals surface area contributed by atoms with Gasteiger partial charge in [-0.1, -0.05) is 26.0 Å². The van der Waals surface area contributed by atoms with Crippen LogP contribution >= 0.6 is 0 Å². The van der Waals surface area contributed by atoms with Crippen LogP contribution < -0.4 is 0 Å². The summed E-state index contributed by atoms with van der Waals surface area (Å²) in [5.74, 6) is -0.516. The largest absolute Gasteiger partial charge is 0.375 e. The number of amides is 2. The summed E-state index contributed by atoms with van der Waals surface area (Å²) in [5, 5.41) is 8.44. The second-order valence-corrected chi connectivity index (χ2v) is 8.77. The Balaban J connectivity index is 1.80. The summed E-state index contributed by atoms with van der Waals surface area (Å²) in [6.45, 7) is 13.6. The van der Waals surface area contributed by atoms with Gasteiger partial charge in [0.25, 0.3) is 11.8 Å². The first-order valence-corrected chi connectivity index (χ1v) is 9.04. The molecule has 2 heterocycles. The van der Waals surface area contributed by atoms with E-state index in [4.69, 9.17) is 4.74 Å². The van der Waals surface area contributed by atoms with E-state index >= 15 is 0 Å². The zero-order chi connectivity index (χ0) is 19.5. The molecule has 0 spiro atoms. The van der Waals surface area contributed by atoms with Gasteiger partial charge >= 0.3 is 0 Å². The number of hydrogen-bond donors (Lipinski definition) is 0. The van der Waals surface area contributed by atoms with E-state index in [9.17, 15) is 9.59 Å². The van der Waals surface area contributed by atoms with Gasteiger partial charge in [-0.05, 0) is 39.0 Å². The molecule has 2 amide bonds. The second-order valence-electron chi connectivity index (χ2n) is 8.77. The molecule has 2 rings (SSSR count). The Bertz CT molecular complexity index is 667. The Kier molecular flexibility index (Phi) is 6.01. The fourth-order valence-electron chi connectivity index (χ4n) is 3.45. The lowest BCUT2D eigenvalue weighted by Crippen LogP contribution is -2.38. The van der Waals surface area contributed by atoms with Crippen molar-refractivity contribution in [1.29, 1.82) is 0 Å². The monoisotopic (exact) mass is 362 g/mol. The van der Waals surface area contributed by atoms with Gasteiger partial charge in [0.2, 0.25) is 0 Å². The molecule has 1 aromatic heterocycles. The zero-order valence-corrected chi connectivity index (χ0v) is 16.7. The van der Waals surface area contributed by atoms with Crippen LogP contribution in [0.2, 0.25) is 0 Å². The first-order chi connectivity index (χ1) is 12.0. The lowest BCUT2D eigenvalue weighted by atomic mass is 9.82. The molecule has 0 unspecified atom stereocenters. The summed E-state index contributed by atoms with van der Waals surface area (Å²) < 4.78 is 7.56. The minimum atomic E-state index is -0.258. The van der Waals surface area contributed by atoms with Gasteiger partial charge in [0.05, 0.1) is 18.3 Å². The third kappa shape index (κ3) is 5.24.